The first-order valence-corrected chi connectivity index (χ1v) is 20.0. The van der Waals surface area contributed by atoms with Gasteiger partial charge in [-0.15, -0.1) is 20.4 Å². The third kappa shape index (κ3) is 6.31. The third-order valence-corrected chi connectivity index (χ3v) is 12.9. The van der Waals surface area contributed by atoms with Crippen LogP contribution >= 0.6 is 0 Å². The average Bonchev–Trinajstić information content (AvgIpc) is 4.04. The fraction of sp³-hybridized carbons (Fsp3) is 0.234. The quantitative estimate of drug-likeness (QED) is 0.112. The second-order valence-corrected chi connectivity index (χ2v) is 16.1. The number of phenolic OH excluding ortho intramolecular Hbond substituents is 2. The lowest BCUT2D eigenvalue weighted by Crippen LogP contribution is -2.41. The lowest BCUT2D eigenvalue weighted by molar-refractivity contribution is -0.127. The molecular weight excluding hydrogens is 741 g/mol. The van der Waals surface area contributed by atoms with Gasteiger partial charge in [-0.05, 0) is 96.0 Å². The van der Waals surface area contributed by atoms with Crippen molar-refractivity contribution in [3.63, 3.8) is 0 Å². The molecule has 1 aliphatic carbocycles. The minimum atomic E-state index is -0.102. The van der Waals surface area contributed by atoms with Crippen LogP contribution in [0.1, 0.15) is 46.7 Å². The van der Waals surface area contributed by atoms with Gasteiger partial charge in [-0.2, -0.15) is 0 Å². The summed E-state index contributed by atoms with van der Waals surface area (Å²) in [5.74, 6) is 0.997. The Bertz CT molecular complexity index is 2810. The molecule has 7 aromatic rings. The number of fused-ring (bicyclic) bond motifs is 3. The summed E-state index contributed by atoms with van der Waals surface area (Å²) in [6, 6.07) is 31.0. The Hall–Kier alpha value is -7.08. The van der Waals surface area contributed by atoms with Gasteiger partial charge < -0.3 is 30.0 Å². The predicted molar refractivity (Wildman–Crippen MR) is 224 cm³/mol. The zero-order valence-corrected chi connectivity index (χ0v) is 32.2. The van der Waals surface area contributed by atoms with Gasteiger partial charge in [0, 0.05) is 77.2 Å². The van der Waals surface area contributed by atoms with E-state index < -0.39 is 0 Å². The summed E-state index contributed by atoms with van der Waals surface area (Å²) >= 11 is 0. The molecule has 2 aliphatic heterocycles. The van der Waals surface area contributed by atoms with Gasteiger partial charge in [-0.3, -0.25) is 9.59 Å². The SMILES string of the molecule is C=CC(=O)N1CC(c2cccc(C3C[C@H]4[C@@H]3CN(C(=O)C=C)[C@H]4Cc3cc4cc(-c5ccccc5O)nnc4[nH]3)c2)C(c2cc3cc(-c4ccccc4O)nnc3[nH]2)C1. The molecule has 294 valence electrons. The number of carbonyl (C=O) groups excluding carboxylic acids is 2. The number of nitrogens with one attached hydrogen (secondary N) is 2. The number of aromatic amines is 2. The molecule has 3 aromatic carbocycles. The summed E-state index contributed by atoms with van der Waals surface area (Å²) < 4.78 is 0. The molecule has 4 aromatic heterocycles. The van der Waals surface area contributed by atoms with E-state index in [4.69, 9.17) is 0 Å². The Labute approximate surface area is 339 Å². The lowest BCUT2D eigenvalue weighted by atomic mass is 9.61. The number of aromatic nitrogens is 6. The molecule has 3 aliphatic rings. The van der Waals surface area contributed by atoms with Crippen LogP contribution in [0.3, 0.4) is 0 Å². The number of H-pyrrole nitrogens is 2. The molecule has 0 spiro atoms. The molecule has 10 rings (SSSR count). The molecule has 12 heteroatoms. The summed E-state index contributed by atoms with van der Waals surface area (Å²) in [4.78, 5) is 37.2. The first-order valence-electron chi connectivity index (χ1n) is 20.0. The maximum Gasteiger partial charge on any atom is 0.246 e. The second-order valence-electron chi connectivity index (χ2n) is 16.1. The predicted octanol–water partition coefficient (Wildman–Crippen LogP) is 7.23. The van der Waals surface area contributed by atoms with Gasteiger partial charge in [0.25, 0.3) is 0 Å². The zero-order valence-electron chi connectivity index (χ0n) is 32.2. The number of hydrogen-bond acceptors (Lipinski definition) is 8. The lowest BCUT2D eigenvalue weighted by Gasteiger charge is -2.42. The fourth-order valence-electron chi connectivity index (χ4n) is 9.97. The van der Waals surface area contributed by atoms with Crippen LogP contribution < -0.4 is 0 Å². The van der Waals surface area contributed by atoms with Crippen molar-refractivity contribution in [2.24, 2.45) is 11.8 Å². The molecule has 4 N–H and O–H groups in total. The highest BCUT2D eigenvalue weighted by Crippen LogP contribution is 2.55. The summed E-state index contributed by atoms with van der Waals surface area (Å²) in [5.41, 5.74) is 8.06. The molecule has 2 amide bonds. The van der Waals surface area contributed by atoms with Crippen molar-refractivity contribution < 1.29 is 19.8 Å². The van der Waals surface area contributed by atoms with Gasteiger partial charge in [0.05, 0.1) is 11.4 Å². The van der Waals surface area contributed by atoms with E-state index in [-0.39, 0.29) is 47.1 Å². The first-order chi connectivity index (χ1) is 28.8. The van der Waals surface area contributed by atoms with Crippen molar-refractivity contribution in [2.45, 2.75) is 36.6 Å². The number of phenols is 2. The number of hydrogen-bond donors (Lipinski definition) is 4. The van der Waals surface area contributed by atoms with E-state index in [2.05, 4.69) is 79.9 Å². The van der Waals surface area contributed by atoms with Crippen LogP contribution in [0.4, 0.5) is 0 Å². The van der Waals surface area contributed by atoms with Crippen molar-refractivity contribution in [1.29, 1.82) is 0 Å². The highest BCUT2D eigenvalue weighted by Gasteiger charge is 2.54. The van der Waals surface area contributed by atoms with E-state index in [1.807, 2.05) is 46.2 Å². The van der Waals surface area contributed by atoms with Crippen LogP contribution in [0.25, 0.3) is 44.6 Å². The average molecular weight is 783 g/mol. The van der Waals surface area contributed by atoms with Gasteiger partial charge >= 0.3 is 0 Å². The first kappa shape index (κ1) is 36.3. The van der Waals surface area contributed by atoms with Crippen LogP contribution in [0, 0.1) is 11.8 Å². The highest BCUT2D eigenvalue weighted by atomic mass is 16.3. The number of amides is 2. The summed E-state index contributed by atoms with van der Waals surface area (Å²) in [6.07, 6.45) is 4.40. The maximum atomic E-state index is 13.4. The molecule has 0 radical (unpaired) electrons. The molecule has 0 bridgehead atoms. The molecular formula is C47H42N8O4. The highest BCUT2D eigenvalue weighted by molar-refractivity contribution is 5.88. The van der Waals surface area contributed by atoms with E-state index in [9.17, 15) is 19.8 Å². The summed E-state index contributed by atoms with van der Waals surface area (Å²) in [7, 11) is 0. The number of likely N-dealkylation sites (tertiary alicyclic amines) is 2. The summed E-state index contributed by atoms with van der Waals surface area (Å²) in [6.45, 7) is 9.32. The second kappa shape index (κ2) is 14.4. The minimum Gasteiger partial charge on any atom is -0.507 e. The molecule has 6 atom stereocenters. The van der Waals surface area contributed by atoms with Gasteiger partial charge in [0.1, 0.15) is 11.5 Å². The Kier molecular flexibility index (Phi) is 8.84. The van der Waals surface area contributed by atoms with Crippen LogP contribution in [0.5, 0.6) is 11.5 Å². The minimum absolute atomic E-state index is 0.00207. The normalized spacial score (nSPS) is 22.4. The molecule has 3 unspecified atom stereocenters. The number of carbonyl (C=O) groups is 2. The van der Waals surface area contributed by atoms with E-state index in [0.29, 0.717) is 71.7 Å². The van der Waals surface area contributed by atoms with Gasteiger partial charge in [-0.25, -0.2) is 0 Å². The number of aromatic hydroxyl groups is 2. The van der Waals surface area contributed by atoms with Crippen LogP contribution in [0.2, 0.25) is 0 Å². The van der Waals surface area contributed by atoms with Crippen molar-refractivity contribution >= 4 is 33.9 Å². The molecule has 2 saturated heterocycles. The van der Waals surface area contributed by atoms with E-state index in [0.717, 1.165) is 34.1 Å². The third-order valence-electron chi connectivity index (χ3n) is 12.9. The number of para-hydroxylation sites is 2. The van der Waals surface area contributed by atoms with E-state index in [1.54, 1.807) is 24.3 Å². The van der Waals surface area contributed by atoms with Gasteiger partial charge in [0.15, 0.2) is 11.3 Å². The topological polar surface area (TPSA) is 164 Å². The number of nitrogens with zero attached hydrogens (tertiary/aromatic N) is 6. The van der Waals surface area contributed by atoms with Crippen LogP contribution in [-0.2, 0) is 16.0 Å². The molecule has 59 heavy (non-hydrogen) atoms. The zero-order chi connectivity index (χ0) is 40.4. The molecule has 6 heterocycles. The Morgan fingerprint density at radius 2 is 1.27 bits per heavy atom. The monoisotopic (exact) mass is 782 g/mol. The Balaban J connectivity index is 0.908. The van der Waals surface area contributed by atoms with Crippen molar-refractivity contribution in [2.75, 3.05) is 19.6 Å². The van der Waals surface area contributed by atoms with E-state index in [1.165, 1.54) is 17.7 Å². The number of rotatable bonds is 9. The molecule has 12 nitrogen and oxygen atoms in total. The smallest absolute Gasteiger partial charge is 0.246 e. The van der Waals surface area contributed by atoms with Crippen molar-refractivity contribution in [3.8, 4) is 34.0 Å². The fourth-order valence-corrected chi connectivity index (χ4v) is 9.97. The Morgan fingerprint density at radius 1 is 0.661 bits per heavy atom. The van der Waals surface area contributed by atoms with E-state index >= 15 is 0 Å². The van der Waals surface area contributed by atoms with Gasteiger partial charge in [-0.1, -0.05) is 61.7 Å². The standard InChI is InChI=1S/C47H42N8O4/c1-3-44(58)54-23-35(37(24-54)38-18-29-20-40(51-53-47(29)49-38)32-13-6-8-15-43(32)57)27-11-9-10-26(16-27)33-22-34-36(33)25-55(45(59)4-2)41(34)21-30-17-28-19-39(50-52-46(28)48-30)31-12-5-7-14-42(31)56/h3-20,33-37,41,56-57H,1-2,21-25H2,(H,48,52)(H,49,53)/t33?,34-,35?,36+,37?,41-/m0/s1. The van der Waals surface area contributed by atoms with Crippen molar-refractivity contribution in [3.05, 3.63) is 145 Å². The Morgan fingerprint density at radius 3 is 1.93 bits per heavy atom. The number of benzene rings is 3. The summed E-state index contributed by atoms with van der Waals surface area (Å²) in [5, 5.41) is 40.3. The molecule has 3 fully saturated rings. The van der Waals surface area contributed by atoms with Crippen LogP contribution in [-0.4, -0.2) is 87.9 Å². The maximum absolute atomic E-state index is 13.4. The molecule has 1 saturated carbocycles. The van der Waals surface area contributed by atoms with Crippen LogP contribution in [0.15, 0.2) is 122 Å². The van der Waals surface area contributed by atoms with Gasteiger partial charge in [0.2, 0.25) is 11.8 Å². The largest absolute Gasteiger partial charge is 0.507 e. The van der Waals surface area contributed by atoms with Crippen molar-refractivity contribution in [1.82, 2.24) is 40.2 Å².